The van der Waals surface area contributed by atoms with Gasteiger partial charge in [0.05, 0.1) is 11.6 Å². The van der Waals surface area contributed by atoms with Gasteiger partial charge in [0.2, 0.25) is 0 Å². The Morgan fingerprint density at radius 3 is 2.74 bits per heavy atom. The van der Waals surface area contributed by atoms with Crippen molar-refractivity contribution in [2.75, 3.05) is 0 Å². The summed E-state index contributed by atoms with van der Waals surface area (Å²) in [5.41, 5.74) is 3.39. The maximum Gasteiger partial charge on any atom is 0.0991 e. The fourth-order valence-electron chi connectivity index (χ4n) is 2.34. The number of benzene rings is 1. The van der Waals surface area contributed by atoms with E-state index >= 15 is 0 Å². The fourth-order valence-corrected chi connectivity index (χ4v) is 3.00. The lowest BCUT2D eigenvalue weighted by molar-refractivity contribution is 0.246. The van der Waals surface area contributed by atoms with E-state index in [-0.39, 0.29) is 0 Å². The molecule has 0 amide bonds. The summed E-state index contributed by atoms with van der Waals surface area (Å²) in [5.74, 6) is 0. The molecule has 96 valence electrons. The molecule has 3 rings (SSSR count). The van der Waals surface area contributed by atoms with Crippen molar-refractivity contribution in [3.05, 3.63) is 57.8 Å². The van der Waals surface area contributed by atoms with Gasteiger partial charge in [-0.2, -0.15) is 16.6 Å². The molecule has 2 aromatic rings. The van der Waals surface area contributed by atoms with Crippen LogP contribution in [0.25, 0.3) is 0 Å². The van der Waals surface area contributed by atoms with Crippen LogP contribution < -0.4 is 0 Å². The third-order valence-electron chi connectivity index (χ3n) is 3.47. The lowest BCUT2D eigenvalue weighted by atomic mass is 10.1. The Labute approximate surface area is 117 Å². The first-order chi connectivity index (χ1) is 9.35. The Kier molecular flexibility index (Phi) is 3.63. The molecule has 1 aliphatic rings. The molecule has 0 atom stereocenters. The van der Waals surface area contributed by atoms with Crippen LogP contribution in [0.5, 0.6) is 0 Å². The second-order valence-corrected chi connectivity index (χ2v) is 5.86. The maximum absolute atomic E-state index is 8.96. The van der Waals surface area contributed by atoms with Crippen LogP contribution in [0, 0.1) is 11.3 Å². The molecule has 1 aliphatic carbocycles. The average molecular weight is 268 g/mol. The van der Waals surface area contributed by atoms with Crippen LogP contribution in [-0.2, 0) is 13.1 Å². The number of hydrogen-bond donors (Lipinski definition) is 0. The third-order valence-corrected chi connectivity index (χ3v) is 4.20. The van der Waals surface area contributed by atoms with E-state index in [4.69, 9.17) is 5.26 Å². The first-order valence-electron chi connectivity index (χ1n) is 6.59. The second-order valence-electron chi connectivity index (χ2n) is 5.08. The average Bonchev–Trinajstić information content (AvgIpc) is 3.17. The third kappa shape index (κ3) is 3.23. The normalized spacial score (nSPS) is 14.5. The summed E-state index contributed by atoms with van der Waals surface area (Å²) < 4.78 is 0. The highest BCUT2D eigenvalue weighted by atomic mass is 32.1. The van der Waals surface area contributed by atoms with Gasteiger partial charge in [0.1, 0.15) is 0 Å². The predicted molar refractivity (Wildman–Crippen MR) is 77.7 cm³/mol. The van der Waals surface area contributed by atoms with Gasteiger partial charge < -0.3 is 0 Å². The molecule has 1 aromatic heterocycles. The van der Waals surface area contributed by atoms with E-state index in [1.54, 1.807) is 11.3 Å². The lowest BCUT2D eigenvalue weighted by Gasteiger charge is -2.21. The molecule has 1 aromatic carbocycles. The highest BCUT2D eigenvalue weighted by molar-refractivity contribution is 7.07. The summed E-state index contributed by atoms with van der Waals surface area (Å²) >= 11 is 1.76. The number of hydrogen-bond acceptors (Lipinski definition) is 3. The molecule has 0 bridgehead atoms. The van der Waals surface area contributed by atoms with E-state index < -0.39 is 0 Å². The fraction of sp³-hybridized carbons (Fsp3) is 0.312. The predicted octanol–water partition coefficient (Wildman–Crippen LogP) is 3.78. The van der Waals surface area contributed by atoms with Crippen molar-refractivity contribution >= 4 is 11.3 Å². The largest absolute Gasteiger partial charge is 0.292 e. The highest BCUT2D eigenvalue weighted by Crippen LogP contribution is 2.30. The van der Waals surface area contributed by atoms with Crippen molar-refractivity contribution in [1.82, 2.24) is 4.90 Å². The number of nitrogens with zero attached hydrogens (tertiary/aromatic N) is 2. The Morgan fingerprint density at radius 2 is 2.05 bits per heavy atom. The summed E-state index contributed by atoms with van der Waals surface area (Å²) in [7, 11) is 0. The van der Waals surface area contributed by atoms with Crippen LogP contribution in [0.1, 0.15) is 29.5 Å². The summed E-state index contributed by atoms with van der Waals surface area (Å²) in [6, 6.07) is 13.1. The van der Waals surface area contributed by atoms with Gasteiger partial charge in [-0.3, -0.25) is 4.90 Å². The SMILES string of the molecule is N#Cc1cccc(CN(Cc2ccsc2)C2CC2)c1. The summed E-state index contributed by atoms with van der Waals surface area (Å²) in [6.07, 6.45) is 2.62. The Bertz CT molecular complexity index is 579. The molecule has 1 heterocycles. The molecular weight excluding hydrogens is 252 g/mol. The van der Waals surface area contributed by atoms with E-state index in [9.17, 15) is 0 Å². The monoisotopic (exact) mass is 268 g/mol. The quantitative estimate of drug-likeness (QED) is 0.825. The zero-order valence-electron chi connectivity index (χ0n) is 10.7. The van der Waals surface area contributed by atoms with Gasteiger partial charge in [0, 0.05) is 19.1 Å². The molecular formula is C16H16N2S. The van der Waals surface area contributed by atoms with Gasteiger partial charge >= 0.3 is 0 Å². The van der Waals surface area contributed by atoms with Gasteiger partial charge in [0.25, 0.3) is 0 Å². The maximum atomic E-state index is 8.96. The molecule has 0 saturated heterocycles. The van der Waals surface area contributed by atoms with Gasteiger partial charge in [-0.1, -0.05) is 12.1 Å². The first-order valence-corrected chi connectivity index (χ1v) is 7.53. The van der Waals surface area contributed by atoms with Crippen LogP contribution in [-0.4, -0.2) is 10.9 Å². The minimum absolute atomic E-state index is 0.727. The van der Waals surface area contributed by atoms with Crippen molar-refractivity contribution in [2.24, 2.45) is 0 Å². The first kappa shape index (κ1) is 12.4. The van der Waals surface area contributed by atoms with Gasteiger partial charge in [-0.05, 0) is 52.9 Å². The van der Waals surface area contributed by atoms with Crippen molar-refractivity contribution in [3.63, 3.8) is 0 Å². The molecule has 19 heavy (non-hydrogen) atoms. The van der Waals surface area contributed by atoms with E-state index in [1.165, 1.54) is 24.0 Å². The molecule has 0 N–H and O–H groups in total. The van der Waals surface area contributed by atoms with Crippen LogP contribution >= 0.6 is 11.3 Å². The summed E-state index contributed by atoms with van der Waals surface area (Å²) in [4.78, 5) is 2.53. The van der Waals surface area contributed by atoms with Crippen LogP contribution in [0.4, 0.5) is 0 Å². The van der Waals surface area contributed by atoms with Gasteiger partial charge in [-0.15, -0.1) is 0 Å². The van der Waals surface area contributed by atoms with E-state index in [0.717, 1.165) is 24.7 Å². The number of rotatable bonds is 5. The van der Waals surface area contributed by atoms with Gasteiger partial charge in [0.15, 0.2) is 0 Å². The topological polar surface area (TPSA) is 27.0 Å². The van der Waals surface area contributed by atoms with Crippen LogP contribution in [0.3, 0.4) is 0 Å². The Balaban J connectivity index is 1.72. The summed E-state index contributed by atoms with van der Waals surface area (Å²) in [5, 5.41) is 13.3. The van der Waals surface area contributed by atoms with Gasteiger partial charge in [-0.25, -0.2) is 0 Å². The Hall–Kier alpha value is -1.63. The molecule has 1 saturated carbocycles. The smallest absolute Gasteiger partial charge is 0.0991 e. The van der Waals surface area contributed by atoms with E-state index in [0.29, 0.717) is 0 Å². The molecule has 2 nitrogen and oxygen atoms in total. The molecule has 0 spiro atoms. The Morgan fingerprint density at radius 1 is 1.21 bits per heavy atom. The van der Waals surface area contributed by atoms with E-state index in [2.05, 4.69) is 33.9 Å². The minimum Gasteiger partial charge on any atom is -0.292 e. The second kappa shape index (κ2) is 5.56. The zero-order valence-corrected chi connectivity index (χ0v) is 11.6. The standard InChI is InChI=1S/C16H16N2S/c17-9-13-2-1-3-14(8-13)10-18(16-4-5-16)11-15-6-7-19-12-15/h1-3,6-8,12,16H,4-5,10-11H2. The number of nitriles is 1. The molecule has 1 fully saturated rings. The zero-order chi connectivity index (χ0) is 13.1. The lowest BCUT2D eigenvalue weighted by Crippen LogP contribution is -2.24. The van der Waals surface area contributed by atoms with Crippen molar-refractivity contribution < 1.29 is 0 Å². The van der Waals surface area contributed by atoms with E-state index in [1.807, 2.05) is 18.2 Å². The van der Waals surface area contributed by atoms with Crippen LogP contribution in [0.2, 0.25) is 0 Å². The molecule has 0 radical (unpaired) electrons. The summed E-state index contributed by atoms with van der Waals surface area (Å²) in [6.45, 7) is 1.96. The van der Waals surface area contributed by atoms with Crippen molar-refractivity contribution in [3.8, 4) is 6.07 Å². The highest BCUT2D eigenvalue weighted by Gasteiger charge is 2.28. The number of thiophene rings is 1. The van der Waals surface area contributed by atoms with Crippen LogP contribution in [0.15, 0.2) is 41.1 Å². The molecule has 3 heteroatoms. The molecule has 0 unspecified atom stereocenters. The van der Waals surface area contributed by atoms with Crippen molar-refractivity contribution in [1.29, 1.82) is 5.26 Å². The minimum atomic E-state index is 0.727. The molecule has 0 aliphatic heterocycles. The van der Waals surface area contributed by atoms with Crippen molar-refractivity contribution in [2.45, 2.75) is 32.0 Å².